The van der Waals surface area contributed by atoms with Crippen LogP contribution in [0.15, 0.2) is 36.5 Å². The third-order valence-corrected chi connectivity index (χ3v) is 8.23. The van der Waals surface area contributed by atoms with Gasteiger partial charge in [-0.05, 0) is 57.3 Å². The zero-order valence-electron chi connectivity index (χ0n) is 29.2. The Balaban J connectivity index is 1.89. The van der Waals surface area contributed by atoms with Crippen molar-refractivity contribution >= 4 is 11.9 Å². The fourth-order valence-electron chi connectivity index (χ4n) is 5.30. The molecule has 1 aliphatic heterocycles. The maximum Gasteiger partial charge on any atom is 0.305 e. The van der Waals surface area contributed by atoms with Crippen LogP contribution in [0.2, 0.25) is 0 Å². The van der Waals surface area contributed by atoms with E-state index in [9.17, 15) is 14.7 Å². The van der Waals surface area contributed by atoms with E-state index in [2.05, 4.69) is 57.2 Å². The van der Waals surface area contributed by atoms with Crippen LogP contribution in [0.3, 0.4) is 0 Å². The summed E-state index contributed by atoms with van der Waals surface area (Å²) >= 11 is 0. The summed E-state index contributed by atoms with van der Waals surface area (Å²) in [7, 11) is 0. The molecule has 0 radical (unpaired) electrons. The van der Waals surface area contributed by atoms with Gasteiger partial charge in [0, 0.05) is 12.8 Å². The van der Waals surface area contributed by atoms with Gasteiger partial charge in [-0.2, -0.15) is 0 Å². The van der Waals surface area contributed by atoms with Crippen molar-refractivity contribution in [3.63, 3.8) is 0 Å². The average molecular weight is 633 g/mol. The van der Waals surface area contributed by atoms with Crippen LogP contribution in [-0.4, -0.2) is 48.6 Å². The van der Waals surface area contributed by atoms with E-state index >= 15 is 0 Å². The largest absolute Gasteiger partial charge is 0.463 e. The predicted octanol–water partition coefficient (Wildman–Crippen LogP) is 10.1. The molecule has 45 heavy (non-hydrogen) atoms. The van der Waals surface area contributed by atoms with Gasteiger partial charge in [0.05, 0.1) is 12.2 Å². The third-order valence-electron chi connectivity index (χ3n) is 8.23. The molecule has 6 heteroatoms. The minimum absolute atomic E-state index is 0.139. The molecule has 1 aliphatic rings. The molecule has 0 aromatic carbocycles. The molecule has 6 nitrogen and oxygen atoms in total. The van der Waals surface area contributed by atoms with Gasteiger partial charge in [0.25, 0.3) is 0 Å². The molecule has 3 atom stereocenters. The maximum absolute atomic E-state index is 12.0. The summed E-state index contributed by atoms with van der Waals surface area (Å²) in [5.41, 5.74) is 0. The number of allylic oxidation sites excluding steroid dienone is 5. The number of hydrogen-bond acceptors (Lipinski definition) is 6. The molecule has 0 saturated carbocycles. The second-order valence-electron chi connectivity index (χ2n) is 13.2. The summed E-state index contributed by atoms with van der Waals surface area (Å²) in [6.07, 6.45) is 36.5. The summed E-state index contributed by atoms with van der Waals surface area (Å²) in [5.74, 6) is 0.183. The van der Waals surface area contributed by atoms with Crippen molar-refractivity contribution < 1.29 is 28.9 Å². The van der Waals surface area contributed by atoms with Crippen LogP contribution in [0.1, 0.15) is 162 Å². The zero-order chi connectivity index (χ0) is 32.8. The number of ether oxygens (including phenoxy) is 3. The quantitative estimate of drug-likeness (QED) is 0.0354. The van der Waals surface area contributed by atoms with Crippen molar-refractivity contribution in [2.45, 2.75) is 180 Å². The second-order valence-corrected chi connectivity index (χ2v) is 13.2. The SMILES string of the molecule is CCCCC/C=C\C/C=C\C/C=C\CC1OC1CCCC(=O)OC[C@H](O)COC(=O)CCCCCCCCCCCCC(C)C. The molecule has 0 bridgehead atoms. The van der Waals surface area contributed by atoms with E-state index < -0.39 is 6.10 Å². The van der Waals surface area contributed by atoms with E-state index in [1.165, 1.54) is 77.0 Å². The lowest BCUT2D eigenvalue weighted by Gasteiger charge is -2.12. The summed E-state index contributed by atoms with van der Waals surface area (Å²) in [5, 5.41) is 10.0. The van der Waals surface area contributed by atoms with Gasteiger partial charge in [-0.15, -0.1) is 0 Å². The molecule has 1 heterocycles. The summed E-state index contributed by atoms with van der Waals surface area (Å²) in [4.78, 5) is 24.0. The van der Waals surface area contributed by atoms with E-state index in [-0.39, 0.29) is 37.4 Å². The molecule has 1 fully saturated rings. The van der Waals surface area contributed by atoms with E-state index in [1.54, 1.807) is 0 Å². The third kappa shape index (κ3) is 28.1. The van der Waals surface area contributed by atoms with Gasteiger partial charge in [0.2, 0.25) is 0 Å². The van der Waals surface area contributed by atoms with Crippen LogP contribution in [-0.2, 0) is 23.8 Å². The monoisotopic (exact) mass is 633 g/mol. The molecule has 0 aromatic rings. The fraction of sp³-hybridized carbons (Fsp3) is 0.795. The van der Waals surface area contributed by atoms with Crippen LogP contribution >= 0.6 is 0 Å². The topological polar surface area (TPSA) is 85.4 Å². The zero-order valence-corrected chi connectivity index (χ0v) is 29.2. The molecule has 0 aromatic heterocycles. The first kappa shape index (κ1) is 41.1. The number of esters is 2. The van der Waals surface area contributed by atoms with Crippen molar-refractivity contribution in [3.8, 4) is 0 Å². The molecule has 1 rings (SSSR count). The number of aliphatic hydroxyl groups is 1. The molecular formula is C39H68O6. The van der Waals surface area contributed by atoms with Gasteiger partial charge in [-0.1, -0.05) is 134 Å². The summed E-state index contributed by atoms with van der Waals surface area (Å²) in [6.45, 7) is 6.52. The van der Waals surface area contributed by atoms with Gasteiger partial charge in [-0.25, -0.2) is 0 Å². The van der Waals surface area contributed by atoms with E-state index in [4.69, 9.17) is 14.2 Å². The highest BCUT2D eigenvalue weighted by Gasteiger charge is 2.36. The van der Waals surface area contributed by atoms with Gasteiger partial charge < -0.3 is 19.3 Å². The summed E-state index contributed by atoms with van der Waals surface area (Å²) in [6, 6.07) is 0. The van der Waals surface area contributed by atoms with Crippen molar-refractivity contribution in [1.82, 2.24) is 0 Å². The van der Waals surface area contributed by atoms with Gasteiger partial charge in [-0.3, -0.25) is 9.59 Å². The minimum atomic E-state index is -0.993. The van der Waals surface area contributed by atoms with E-state index in [0.29, 0.717) is 19.3 Å². The van der Waals surface area contributed by atoms with Gasteiger partial charge >= 0.3 is 11.9 Å². The van der Waals surface area contributed by atoms with Crippen molar-refractivity contribution in [1.29, 1.82) is 0 Å². The highest BCUT2D eigenvalue weighted by molar-refractivity contribution is 5.69. The number of hydrogen-bond donors (Lipinski definition) is 1. The number of epoxide rings is 1. The molecule has 0 amide bonds. The first-order chi connectivity index (χ1) is 21.9. The molecule has 0 aliphatic carbocycles. The predicted molar refractivity (Wildman–Crippen MR) is 186 cm³/mol. The number of unbranched alkanes of at least 4 members (excludes halogenated alkanes) is 12. The molecule has 260 valence electrons. The van der Waals surface area contributed by atoms with Gasteiger partial charge in [0.1, 0.15) is 19.3 Å². The van der Waals surface area contributed by atoms with Crippen LogP contribution in [0.4, 0.5) is 0 Å². The second kappa shape index (κ2) is 29.5. The molecule has 1 N–H and O–H groups in total. The Kier molecular flexibility index (Phi) is 26.9. The smallest absolute Gasteiger partial charge is 0.305 e. The Morgan fingerprint density at radius 1 is 0.667 bits per heavy atom. The lowest BCUT2D eigenvalue weighted by atomic mass is 10.0. The summed E-state index contributed by atoms with van der Waals surface area (Å²) < 4.78 is 16.0. The Labute approximate surface area is 276 Å². The molecule has 1 saturated heterocycles. The van der Waals surface area contributed by atoms with Crippen LogP contribution < -0.4 is 0 Å². The Morgan fingerprint density at radius 2 is 1.20 bits per heavy atom. The number of carbonyl (C=O) groups is 2. The Hall–Kier alpha value is -1.92. The first-order valence-corrected chi connectivity index (χ1v) is 18.5. The fourth-order valence-corrected chi connectivity index (χ4v) is 5.30. The molecule has 2 unspecified atom stereocenters. The van der Waals surface area contributed by atoms with Crippen molar-refractivity contribution in [3.05, 3.63) is 36.5 Å². The lowest BCUT2D eigenvalue weighted by Crippen LogP contribution is -2.25. The minimum Gasteiger partial charge on any atom is -0.463 e. The van der Waals surface area contributed by atoms with Crippen LogP contribution in [0, 0.1) is 5.92 Å². The van der Waals surface area contributed by atoms with E-state index in [1.807, 2.05) is 0 Å². The molecular weight excluding hydrogens is 564 g/mol. The van der Waals surface area contributed by atoms with Crippen LogP contribution in [0.5, 0.6) is 0 Å². The first-order valence-electron chi connectivity index (χ1n) is 18.5. The average Bonchev–Trinajstić information content (AvgIpc) is 3.77. The maximum atomic E-state index is 12.0. The number of carbonyl (C=O) groups excluding carboxylic acids is 2. The number of rotatable bonds is 31. The van der Waals surface area contributed by atoms with E-state index in [0.717, 1.165) is 50.9 Å². The Bertz CT molecular complexity index is 801. The Morgan fingerprint density at radius 3 is 1.80 bits per heavy atom. The normalized spacial score (nSPS) is 17.2. The van der Waals surface area contributed by atoms with Crippen molar-refractivity contribution in [2.75, 3.05) is 13.2 Å². The van der Waals surface area contributed by atoms with Crippen molar-refractivity contribution in [2.24, 2.45) is 5.92 Å². The lowest BCUT2D eigenvalue weighted by molar-refractivity contribution is -0.152. The van der Waals surface area contributed by atoms with Crippen LogP contribution in [0.25, 0.3) is 0 Å². The molecule has 0 spiro atoms. The highest BCUT2D eigenvalue weighted by Crippen LogP contribution is 2.30. The standard InChI is InChI=1S/C39H68O6/c1-4-5-6-7-8-9-10-11-15-18-21-24-28-36-37(45-36)29-26-31-39(42)44-33-35(40)32-43-38(41)30-25-22-19-16-13-12-14-17-20-23-27-34(2)3/h8-9,11,15,21,24,34-37,40H,4-7,10,12-14,16-20,22-23,25-33H2,1-3H3/b9-8-,15-11-,24-21-/t35-,36?,37?/m1/s1. The van der Waals surface area contributed by atoms with Gasteiger partial charge in [0.15, 0.2) is 0 Å². The highest BCUT2D eigenvalue weighted by atomic mass is 16.6. The number of aliphatic hydroxyl groups excluding tert-OH is 1.